The molecule has 0 saturated carbocycles. The van der Waals surface area contributed by atoms with Gasteiger partial charge in [0.15, 0.2) is 5.78 Å². The number of Topliss-reactive ketones (excluding diaryl/α,β-unsaturated/α-hetero) is 1. The SMILES string of the molecule is Cc1ccc(C(=O)C(CC(=O)O)CN2CCCCCC2)cc1. The van der Waals surface area contributed by atoms with E-state index in [9.17, 15) is 9.59 Å². The molecule has 1 fully saturated rings. The molecule has 1 N–H and O–H groups in total. The quantitative estimate of drug-likeness (QED) is 0.820. The number of rotatable bonds is 6. The van der Waals surface area contributed by atoms with Crippen molar-refractivity contribution in [3.63, 3.8) is 0 Å². The molecular weight excluding hydrogens is 278 g/mol. The van der Waals surface area contributed by atoms with Crippen molar-refractivity contribution in [1.29, 1.82) is 0 Å². The van der Waals surface area contributed by atoms with E-state index in [2.05, 4.69) is 4.90 Å². The molecule has 1 saturated heterocycles. The van der Waals surface area contributed by atoms with Crippen LogP contribution in [0, 0.1) is 12.8 Å². The van der Waals surface area contributed by atoms with Crippen LogP contribution in [-0.4, -0.2) is 41.4 Å². The Balaban J connectivity index is 2.08. The van der Waals surface area contributed by atoms with Crippen LogP contribution in [0.5, 0.6) is 0 Å². The maximum atomic E-state index is 12.7. The lowest BCUT2D eigenvalue weighted by molar-refractivity contribution is -0.137. The maximum absolute atomic E-state index is 12.7. The van der Waals surface area contributed by atoms with Gasteiger partial charge >= 0.3 is 5.97 Å². The monoisotopic (exact) mass is 303 g/mol. The Morgan fingerprint density at radius 2 is 1.68 bits per heavy atom. The zero-order valence-electron chi connectivity index (χ0n) is 13.3. The first-order valence-electron chi connectivity index (χ1n) is 8.11. The van der Waals surface area contributed by atoms with Gasteiger partial charge in [-0.2, -0.15) is 0 Å². The third-order valence-corrected chi connectivity index (χ3v) is 4.31. The summed E-state index contributed by atoms with van der Waals surface area (Å²) in [5.74, 6) is -1.41. The van der Waals surface area contributed by atoms with Crippen LogP contribution in [0.2, 0.25) is 0 Å². The lowest BCUT2D eigenvalue weighted by Crippen LogP contribution is -2.35. The van der Waals surface area contributed by atoms with Gasteiger partial charge in [-0.15, -0.1) is 0 Å². The topological polar surface area (TPSA) is 57.6 Å². The summed E-state index contributed by atoms with van der Waals surface area (Å²) >= 11 is 0. The number of hydrogen-bond donors (Lipinski definition) is 1. The highest BCUT2D eigenvalue weighted by molar-refractivity contribution is 5.99. The minimum Gasteiger partial charge on any atom is -0.481 e. The fourth-order valence-corrected chi connectivity index (χ4v) is 3.03. The summed E-state index contributed by atoms with van der Waals surface area (Å²) in [6.45, 7) is 4.47. The van der Waals surface area contributed by atoms with E-state index in [1.165, 1.54) is 12.8 Å². The number of aliphatic carboxylic acids is 1. The van der Waals surface area contributed by atoms with Crippen LogP contribution in [0.4, 0.5) is 0 Å². The molecular formula is C18H25NO3. The van der Waals surface area contributed by atoms with E-state index in [0.29, 0.717) is 12.1 Å². The molecule has 0 spiro atoms. The van der Waals surface area contributed by atoms with Gasteiger partial charge in [0, 0.05) is 18.0 Å². The van der Waals surface area contributed by atoms with E-state index in [1.807, 2.05) is 19.1 Å². The number of benzene rings is 1. The van der Waals surface area contributed by atoms with Crippen LogP contribution >= 0.6 is 0 Å². The standard InChI is InChI=1S/C18H25NO3/c1-14-6-8-15(9-7-14)18(22)16(12-17(20)21)13-19-10-4-2-3-5-11-19/h6-9,16H,2-5,10-13H2,1H3,(H,20,21). The highest BCUT2D eigenvalue weighted by Gasteiger charge is 2.25. The molecule has 1 aliphatic heterocycles. The highest BCUT2D eigenvalue weighted by atomic mass is 16.4. The molecule has 0 aliphatic carbocycles. The van der Waals surface area contributed by atoms with Crippen LogP contribution in [0.25, 0.3) is 0 Å². The molecule has 1 unspecified atom stereocenters. The number of carbonyl (C=O) groups is 2. The van der Waals surface area contributed by atoms with Crippen LogP contribution in [-0.2, 0) is 4.79 Å². The van der Waals surface area contributed by atoms with Crippen LogP contribution in [0.3, 0.4) is 0 Å². The van der Waals surface area contributed by atoms with Crippen molar-refractivity contribution in [3.05, 3.63) is 35.4 Å². The number of carboxylic acids is 1. The third-order valence-electron chi connectivity index (χ3n) is 4.31. The first-order chi connectivity index (χ1) is 10.6. The van der Waals surface area contributed by atoms with E-state index >= 15 is 0 Å². The van der Waals surface area contributed by atoms with E-state index in [0.717, 1.165) is 31.5 Å². The molecule has 2 rings (SSSR count). The van der Waals surface area contributed by atoms with Crippen molar-refractivity contribution in [2.75, 3.05) is 19.6 Å². The normalized spacial score (nSPS) is 17.7. The second kappa shape index (κ2) is 8.08. The Morgan fingerprint density at radius 3 is 2.23 bits per heavy atom. The summed E-state index contributed by atoms with van der Waals surface area (Å²) in [6.07, 6.45) is 4.64. The van der Waals surface area contributed by atoms with Crippen molar-refractivity contribution in [2.24, 2.45) is 5.92 Å². The van der Waals surface area contributed by atoms with Crippen molar-refractivity contribution in [2.45, 2.75) is 39.0 Å². The second-order valence-corrected chi connectivity index (χ2v) is 6.24. The first-order valence-corrected chi connectivity index (χ1v) is 8.11. The molecule has 1 heterocycles. The molecule has 22 heavy (non-hydrogen) atoms. The molecule has 1 aromatic carbocycles. The predicted octanol–water partition coefficient (Wildman–Crippen LogP) is 3.14. The van der Waals surface area contributed by atoms with Gasteiger partial charge in [0.2, 0.25) is 0 Å². The minimum atomic E-state index is -0.903. The molecule has 4 heteroatoms. The zero-order valence-corrected chi connectivity index (χ0v) is 13.3. The zero-order chi connectivity index (χ0) is 15.9. The highest BCUT2D eigenvalue weighted by Crippen LogP contribution is 2.18. The average molecular weight is 303 g/mol. The predicted molar refractivity (Wildman–Crippen MR) is 86.2 cm³/mol. The summed E-state index contributed by atoms with van der Waals surface area (Å²) in [6, 6.07) is 7.40. The Kier molecular flexibility index (Phi) is 6.13. The number of likely N-dealkylation sites (tertiary alicyclic amines) is 1. The van der Waals surface area contributed by atoms with Crippen molar-refractivity contribution in [3.8, 4) is 0 Å². The summed E-state index contributed by atoms with van der Waals surface area (Å²) in [4.78, 5) is 26.1. The minimum absolute atomic E-state index is 0.0494. The van der Waals surface area contributed by atoms with Gasteiger partial charge in [-0.3, -0.25) is 9.59 Å². The molecule has 0 radical (unpaired) electrons. The van der Waals surface area contributed by atoms with Crippen LogP contribution in [0.15, 0.2) is 24.3 Å². The average Bonchev–Trinajstić information content (AvgIpc) is 2.75. The number of nitrogens with zero attached hydrogens (tertiary/aromatic N) is 1. The summed E-state index contributed by atoms with van der Waals surface area (Å²) in [5, 5.41) is 9.14. The summed E-state index contributed by atoms with van der Waals surface area (Å²) in [5.41, 5.74) is 1.71. The van der Waals surface area contributed by atoms with Crippen molar-refractivity contribution < 1.29 is 14.7 Å². The molecule has 1 atom stereocenters. The van der Waals surface area contributed by atoms with Gasteiger partial charge in [-0.25, -0.2) is 0 Å². The summed E-state index contributed by atoms with van der Waals surface area (Å²) in [7, 11) is 0. The smallest absolute Gasteiger partial charge is 0.304 e. The maximum Gasteiger partial charge on any atom is 0.304 e. The number of hydrogen-bond acceptors (Lipinski definition) is 3. The molecule has 0 bridgehead atoms. The molecule has 4 nitrogen and oxygen atoms in total. The first kappa shape index (κ1) is 16.7. The second-order valence-electron chi connectivity index (χ2n) is 6.24. The van der Waals surface area contributed by atoms with E-state index < -0.39 is 11.9 Å². The van der Waals surface area contributed by atoms with Crippen molar-refractivity contribution >= 4 is 11.8 Å². The number of ketones is 1. The van der Waals surface area contributed by atoms with Gasteiger partial charge in [0.05, 0.1) is 6.42 Å². The van der Waals surface area contributed by atoms with Gasteiger partial charge in [-0.05, 0) is 32.9 Å². The van der Waals surface area contributed by atoms with E-state index in [-0.39, 0.29) is 12.2 Å². The number of carboxylic acid groups (broad SMARTS) is 1. The fraction of sp³-hybridized carbons (Fsp3) is 0.556. The van der Waals surface area contributed by atoms with Crippen molar-refractivity contribution in [1.82, 2.24) is 4.90 Å². The van der Waals surface area contributed by atoms with Gasteiger partial charge in [-0.1, -0.05) is 42.7 Å². The molecule has 1 aromatic rings. The Bertz CT molecular complexity index is 502. The molecule has 1 aliphatic rings. The molecule has 120 valence electrons. The van der Waals surface area contributed by atoms with Gasteiger partial charge in [0.25, 0.3) is 0 Å². The van der Waals surface area contributed by atoms with Gasteiger partial charge in [0.1, 0.15) is 0 Å². The Labute approximate surface area is 132 Å². The molecule has 0 amide bonds. The van der Waals surface area contributed by atoms with Gasteiger partial charge < -0.3 is 10.0 Å². The lowest BCUT2D eigenvalue weighted by atomic mass is 9.93. The number of aryl methyl sites for hydroxylation is 1. The van der Waals surface area contributed by atoms with Crippen LogP contribution < -0.4 is 0 Å². The fourth-order valence-electron chi connectivity index (χ4n) is 3.03. The Morgan fingerprint density at radius 1 is 1.09 bits per heavy atom. The lowest BCUT2D eigenvalue weighted by Gasteiger charge is -2.24. The third kappa shape index (κ3) is 4.95. The Hall–Kier alpha value is -1.68. The van der Waals surface area contributed by atoms with E-state index in [4.69, 9.17) is 5.11 Å². The summed E-state index contributed by atoms with van der Waals surface area (Å²) < 4.78 is 0. The number of carbonyl (C=O) groups excluding carboxylic acids is 1. The molecule has 0 aromatic heterocycles. The van der Waals surface area contributed by atoms with Crippen LogP contribution in [0.1, 0.15) is 48.0 Å². The largest absolute Gasteiger partial charge is 0.481 e. The van der Waals surface area contributed by atoms with E-state index in [1.54, 1.807) is 12.1 Å².